The molecule has 2 heteroatoms. The van der Waals surface area contributed by atoms with Crippen LogP contribution in [0, 0.1) is 11.8 Å². The van der Waals surface area contributed by atoms with E-state index in [0.29, 0.717) is 30.5 Å². The highest BCUT2D eigenvalue weighted by Crippen LogP contribution is 2.22. The van der Waals surface area contributed by atoms with E-state index in [2.05, 4.69) is 44.7 Å². The molecule has 0 aliphatic carbocycles. The van der Waals surface area contributed by atoms with Gasteiger partial charge >= 0.3 is 0 Å². The highest BCUT2D eigenvalue weighted by atomic mass is 32.2. The molecule has 0 aliphatic heterocycles. The highest BCUT2D eigenvalue weighted by Gasteiger charge is 2.11. The molecule has 1 nitrogen and oxygen atoms in total. The third-order valence-corrected chi connectivity index (χ3v) is 4.88. The Morgan fingerprint density at radius 2 is 1.91 bits per heavy atom. The van der Waals surface area contributed by atoms with E-state index in [1.165, 1.54) is 4.90 Å². The first-order valence-electron chi connectivity index (χ1n) is 8.52. The number of ketones is 1. The van der Waals surface area contributed by atoms with Gasteiger partial charge in [-0.2, -0.15) is 0 Å². The quantitative estimate of drug-likeness (QED) is 0.349. The Morgan fingerprint density at radius 3 is 2.52 bits per heavy atom. The Kier molecular flexibility index (Phi) is 9.70. The van der Waals surface area contributed by atoms with Crippen LogP contribution in [0.3, 0.4) is 0 Å². The van der Waals surface area contributed by atoms with Crippen molar-refractivity contribution in [1.29, 1.82) is 0 Å². The van der Waals surface area contributed by atoms with Crippen molar-refractivity contribution in [2.45, 2.75) is 51.3 Å². The number of thioether (sulfide) groups is 1. The molecule has 0 fully saturated rings. The Morgan fingerprint density at radius 1 is 1.22 bits per heavy atom. The molecule has 1 aromatic rings. The average molecular weight is 331 g/mol. The molecule has 0 saturated heterocycles. The smallest absolute Gasteiger partial charge is 0.133 e. The molecule has 126 valence electrons. The molecule has 1 rings (SSSR count). The van der Waals surface area contributed by atoms with E-state index in [-0.39, 0.29) is 0 Å². The fourth-order valence-electron chi connectivity index (χ4n) is 2.40. The predicted octanol–water partition coefficient (Wildman–Crippen LogP) is 6.31. The number of carbonyl (C=O) groups excluding carboxylic acids is 1. The van der Waals surface area contributed by atoms with E-state index in [4.69, 9.17) is 0 Å². The topological polar surface area (TPSA) is 17.1 Å². The van der Waals surface area contributed by atoms with Gasteiger partial charge < -0.3 is 0 Å². The summed E-state index contributed by atoms with van der Waals surface area (Å²) in [5.74, 6) is 2.42. The molecule has 0 bridgehead atoms. The van der Waals surface area contributed by atoms with Crippen molar-refractivity contribution >= 4 is 17.5 Å². The standard InChI is InChI=1S/C21H30OS/c1-17(2)13-14-19(18(3)4)9-8-10-20(22)15-16-23-21-11-6-5-7-12-21/h5-7,11-14,18-19H,1,8-10,15-16H2,2-4H3. The lowest BCUT2D eigenvalue weighted by atomic mass is 9.89. The monoisotopic (exact) mass is 330 g/mol. The molecule has 1 unspecified atom stereocenters. The molecule has 0 radical (unpaired) electrons. The summed E-state index contributed by atoms with van der Waals surface area (Å²) in [6.07, 6.45) is 7.80. The molecule has 0 N–H and O–H groups in total. The normalized spacial score (nSPS) is 12.7. The summed E-state index contributed by atoms with van der Waals surface area (Å²) in [5, 5.41) is 0. The largest absolute Gasteiger partial charge is 0.300 e. The molecule has 0 spiro atoms. The SMILES string of the molecule is C=C(C)C=CC(CCCC(=O)CCSc1ccccc1)C(C)C. The van der Waals surface area contributed by atoms with Crippen LogP contribution in [0.1, 0.15) is 46.5 Å². The maximum atomic E-state index is 12.0. The zero-order valence-electron chi connectivity index (χ0n) is 14.8. The van der Waals surface area contributed by atoms with Gasteiger partial charge in [0.1, 0.15) is 5.78 Å². The van der Waals surface area contributed by atoms with Crippen molar-refractivity contribution in [3.8, 4) is 0 Å². The Hall–Kier alpha value is -1.28. The molecular formula is C21H30OS. The van der Waals surface area contributed by atoms with Gasteiger partial charge in [-0.15, -0.1) is 11.8 Å². The highest BCUT2D eigenvalue weighted by molar-refractivity contribution is 7.99. The molecule has 0 aliphatic rings. The van der Waals surface area contributed by atoms with Crippen LogP contribution >= 0.6 is 11.8 Å². The number of benzene rings is 1. The second-order valence-electron chi connectivity index (χ2n) is 6.46. The second kappa shape index (κ2) is 11.3. The van der Waals surface area contributed by atoms with Gasteiger partial charge in [0, 0.05) is 23.5 Å². The molecule has 0 saturated carbocycles. The number of hydrogen-bond donors (Lipinski definition) is 0. The molecule has 0 aromatic heterocycles. The summed E-state index contributed by atoms with van der Waals surface area (Å²) in [6.45, 7) is 10.4. The minimum absolute atomic E-state index is 0.389. The number of carbonyl (C=O) groups is 1. The van der Waals surface area contributed by atoms with Gasteiger partial charge in [-0.1, -0.05) is 56.4 Å². The summed E-state index contributed by atoms with van der Waals surface area (Å²) >= 11 is 1.76. The average Bonchev–Trinajstić information content (AvgIpc) is 2.51. The minimum Gasteiger partial charge on any atom is -0.300 e. The van der Waals surface area contributed by atoms with E-state index < -0.39 is 0 Å². The van der Waals surface area contributed by atoms with Gasteiger partial charge in [0.05, 0.1) is 0 Å². The Labute approximate surface area is 146 Å². The lowest BCUT2D eigenvalue weighted by Crippen LogP contribution is -2.07. The van der Waals surface area contributed by atoms with Gasteiger partial charge in [0.15, 0.2) is 0 Å². The van der Waals surface area contributed by atoms with Gasteiger partial charge in [-0.25, -0.2) is 0 Å². The van der Waals surface area contributed by atoms with Crippen molar-refractivity contribution in [1.82, 2.24) is 0 Å². The van der Waals surface area contributed by atoms with E-state index in [0.717, 1.165) is 24.2 Å². The zero-order valence-corrected chi connectivity index (χ0v) is 15.6. The second-order valence-corrected chi connectivity index (χ2v) is 7.62. The van der Waals surface area contributed by atoms with Gasteiger partial charge in [-0.3, -0.25) is 4.79 Å². The van der Waals surface area contributed by atoms with Crippen LogP contribution < -0.4 is 0 Å². The van der Waals surface area contributed by atoms with Crippen LogP contribution in [0.2, 0.25) is 0 Å². The summed E-state index contributed by atoms with van der Waals surface area (Å²) in [7, 11) is 0. The summed E-state index contributed by atoms with van der Waals surface area (Å²) in [5.41, 5.74) is 1.09. The number of allylic oxidation sites excluding steroid dienone is 3. The van der Waals surface area contributed by atoms with E-state index in [1.807, 2.05) is 25.1 Å². The van der Waals surface area contributed by atoms with Crippen molar-refractivity contribution in [2.24, 2.45) is 11.8 Å². The first-order chi connectivity index (χ1) is 11.0. The Balaban J connectivity index is 2.22. The first kappa shape index (κ1) is 19.8. The summed E-state index contributed by atoms with van der Waals surface area (Å²) < 4.78 is 0. The van der Waals surface area contributed by atoms with Crippen molar-refractivity contribution in [2.75, 3.05) is 5.75 Å². The van der Waals surface area contributed by atoms with Crippen molar-refractivity contribution in [3.63, 3.8) is 0 Å². The third-order valence-electron chi connectivity index (χ3n) is 3.87. The molecule has 0 amide bonds. The van der Waals surface area contributed by atoms with Crippen LogP contribution in [0.25, 0.3) is 0 Å². The van der Waals surface area contributed by atoms with E-state index >= 15 is 0 Å². The first-order valence-corrected chi connectivity index (χ1v) is 9.51. The summed E-state index contributed by atoms with van der Waals surface area (Å²) in [6, 6.07) is 10.3. The van der Waals surface area contributed by atoms with Crippen LogP contribution in [-0.4, -0.2) is 11.5 Å². The number of rotatable bonds is 11. The maximum absolute atomic E-state index is 12.0. The summed E-state index contributed by atoms with van der Waals surface area (Å²) in [4.78, 5) is 13.2. The lowest BCUT2D eigenvalue weighted by molar-refractivity contribution is -0.118. The number of hydrogen-bond acceptors (Lipinski definition) is 2. The predicted molar refractivity (Wildman–Crippen MR) is 103 cm³/mol. The van der Waals surface area contributed by atoms with Crippen molar-refractivity contribution in [3.05, 3.63) is 54.6 Å². The zero-order chi connectivity index (χ0) is 17.1. The van der Waals surface area contributed by atoms with Crippen LogP contribution in [0.5, 0.6) is 0 Å². The van der Waals surface area contributed by atoms with Gasteiger partial charge in [-0.05, 0) is 43.7 Å². The fourth-order valence-corrected chi connectivity index (χ4v) is 3.31. The van der Waals surface area contributed by atoms with Gasteiger partial charge in [0.2, 0.25) is 0 Å². The van der Waals surface area contributed by atoms with Crippen LogP contribution in [0.15, 0.2) is 59.5 Å². The molecular weight excluding hydrogens is 300 g/mol. The molecule has 1 aromatic carbocycles. The lowest BCUT2D eigenvalue weighted by Gasteiger charge is -2.16. The molecule has 1 atom stereocenters. The van der Waals surface area contributed by atoms with E-state index in [1.54, 1.807) is 11.8 Å². The Bertz CT molecular complexity index is 502. The van der Waals surface area contributed by atoms with Crippen LogP contribution in [-0.2, 0) is 4.79 Å². The molecule has 0 heterocycles. The fraction of sp³-hybridized carbons (Fsp3) is 0.476. The molecule has 23 heavy (non-hydrogen) atoms. The number of Topliss-reactive ketones (excluding diaryl/α,β-unsaturated/α-hetero) is 1. The van der Waals surface area contributed by atoms with Crippen molar-refractivity contribution < 1.29 is 4.79 Å². The maximum Gasteiger partial charge on any atom is 0.133 e. The van der Waals surface area contributed by atoms with E-state index in [9.17, 15) is 4.79 Å². The van der Waals surface area contributed by atoms with Crippen LogP contribution in [0.4, 0.5) is 0 Å². The van der Waals surface area contributed by atoms with Gasteiger partial charge in [0.25, 0.3) is 0 Å². The minimum atomic E-state index is 0.389. The third kappa shape index (κ3) is 9.45.